The molecule has 1 N–H and O–H groups in total. The summed E-state index contributed by atoms with van der Waals surface area (Å²) in [4.78, 5) is 0. The summed E-state index contributed by atoms with van der Waals surface area (Å²) in [5.74, 6) is -0.491. The molecule has 8 heteroatoms. The highest BCUT2D eigenvalue weighted by Gasteiger charge is 2.07. The van der Waals surface area contributed by atoms with Crippen LogP contribution in [0.15, 0.2) is 18.2 Å². The lowest BCUT2D eigenvalue weighted by Gasteiger charge is -2.06. The van der Waals surface area contributed by atoms with Crippen molar-refractivity contribution in [2.75, 3.05) is 20.3 Å². The summed E-state index contributed by atoms with van der Waals surface area (Å²) >= 11 is 0. The standard InChI is InChI=1S/C13H17F2N5O/c1-21-5-3-16-9-13-17-18-19-20(13)4-2-10-6-11(14)8-12(15)7-10/h6-8,16H,2-5,9H2,1H3. The summed E-state index contributed by atoms with van der Waals surface area (Å²) < 4.78 is 32.7. The maximum atomic E-state index is 13.1. The Balaban J connectivity index is 1.89. The first-order valence-electron chi connectivity index (χ1n) is 6.58. The van der Waals surface area contributed by atoms with Crippen molar-refractivity contribution in [1.82, 2.24) is 25.5 Å². The number of hydrogen-bond acceptors (Lipinski definition) is 5. The molecule has 6 nitrogen and oxygen atoms in total. The van der Waals surface area contributed by atoms with Crippen LogP contribution in [0, 0.1) is 11.6 Å². The van der Waals surface area contributed by atoms with Gasteiger partial charge in [0, 0.05) is 26.3 Å². The smallest absolute Gasteiger partial charge is 0.165 e. The Morgan fingerprint density at radius 1 is 1.24 bits per heavy atom. The third-order valence-electron chi connectivity index (χ3n) is 2.91. The minimum absolute atomic E-state index is 0.449. The van der Waals surface area contributed by atoms with E-state index < -0.39 is 11.6 Å². The molecule has 2 rings (SSSR count). The highest BCUT2D eigenvalue weighted by Crippen LogP contribution is 2.09. The number of benzene rings is 1. The molecular weight excluding hydrogens is 280 g/mol. The third kappa shape index (κ3) is 4.83. The van der Waals surface area contributed by atoms with E-state index in [1.54, 1.807) is 11.8 Å². The lowest BCUT2D eigenvalue weighted by atomic mass is 10.1. The Morgan fingerprint density at radius 3 is 2.71 bits per heavy atom. The SMILES string of the molecule is COCCNCc1nnnn1CCc1cc(F)cc(F)c1. The second-order valence-corrected chi connectivity index (χ2v) is 4.52. The second kappa shape index (κ2) is 7.75. The first kappa shape index (κ1) is 15.5. The van der Waals surface area contributed by atoms with Gasteiger partial charge in [0.25, 0.3) is 0 Å². The first-order valence-corrected chi connectivity index (χ1v) is 6.58. The van der Waals surface area contributed by atoms with Crippen LogP contribution in [0.3, 0.4) is 0 Å². The fourth-order valence-electron chi connectivity index (χ4n) is 1.89. The van der Waals surface area contributed by atoms with Crippen LogP contribution >= 0.6 is 0 Å². The number of nitrogens with zero attached hydrogens (tertiary/aromatic N) is 4. The predicted octanol–water partition coefficient (Wildman–Crippen LogP) is 0.930. The Morgan fingerprint density at radius 2 is 2.00 bits per heavy atom. The van der Waals surface area contributed by atoms with Crippen LogP contribution in [0.1, 0.15) is 11.4 Å². The van der Waals surface area contributed by atoms with Crippen LogP contribution in [0.4, 0.5) is 8.78 Å². The zero-order valence-electron chi connectivity index (χ0n) is 11.7. The average Bonchev–Trinajstić information content (AvgIpc) is 2.88. The first-order chi connectivity index (χ1) is 10.2. The van der Waals surface area contributed by atoms with Gasteiger partial charge in [-0.25, -0.2) is 13.5 Å². The lowest BCUT2D eigenvalue weighted by molar-refractivity contribution is 0.198. The van der Waals surface area contributed by atoms with Crippen molar-refractivity contribution < 1.29 is 13.5 Å². The number of aromatic nitrogens is 4. The van der Waals surface area contributed by atoms with E-state index in [4.69, 9.17) is 4.74 Å². The van der Waals surface area contributed by atoms with Gasteiger partial charge in [-0.05, 0) is 34.5 Å². The highest BCUT2D eigenvalue weighted by atomic mass is 19.1. The number of aryl methyl sites for hydroxylation is 2. The number of halogens is 2. The highest BCUT2D eigenvalue weighted by molar-refractivity contribution is 5.17. The zero-order chi connectivity index (χ0) is 15.1. The molecule has 0 unspecified atom stereocenters. The average molecular weight is 297 g/mol. The van der Waals surface area contributed by atoms with Crippen molar-refractivity contribution in [1.29, 1.82) is 0 Å². The molecule has 1 heterocycles. The maximum Gasteiger partial charge on any atom is 0.165 e. The number of tetrazole rings is 1. The number of nitrogens with one attached hydrogen (secondary N) is 1. The van der Waals surface area contributed by atoms with Gasteiger partial charge in [0.15, 0.2) is 5.82 Å². The van der Waals surface area contributed by atoms with E-state index >= 15 is 0 Å². The minimum Gasteiger partial charge on any atom is -0.383 e. The van der Waals surface area contributed by atoms with Crippen LogP contribution in [0.25, 0.3) is 0 Å². The Kier molecular flexibility index (Phi) is 5.70. The van der Waals surface area contributed by atoms with Crippen molar-refractivity contribution >= 4 is 0 Å². The Labute approximate surface area is 121 Å². The minimum atomic E-state index is -0.580. The van der Waals surface area contributed by atoms with E-state index in [2.05, 4.69) is 20.8 Å². The van der Waals surface area contributed by atoms with Gasteiger partial charge in [0.05, 0.1) is 13.2 Å². The molecule has 0 atom stereocenters. The van der Waals surface area contributed by atoms with Crippen LogP contribution in [-0.2, 0) is 24.2 Å². The van der Waals surface area contributed by atoms with Crippen LogP contribution in [0.2, 0.25) is 0 Å². The van der Waals surface area contributed by atoms with Gasteiger partial charge in [-0.1, -0.05) is 0 Å². The third-order valence-corrected chi connectivity index (χ3v) is 2.91. The molecule has 0 fully saturated rings. The zero-order valence-corrected chi connectivity index (χ0v) is 11.7. The summed E-state index contributed by atoms with van der Waals surface area (Å²) in [5, 5.41) is 14.5. The molecular formula is C13H17F2N5O. The van der Waals surface area contributed by atoms with E-state index in [1.165, 1.54) is 12.1 Å². The molecule has 0 saturated heterocycles. The molecule has 0 aliphatic heterocycles. The van der Waals surface area contributed by atoms with Gasteiger partial charge in [-0.2, -0.15) is 0 Å². The van der Waals surface area contributed by atoms with Crippen LogP contribution in [0.5, 0.6) is 0 Å². The van der Waals surface area contributed by atoms with Gasteiger partial charge in [-0.15, -0.1) is 5.10 Å². The molecule has 0 amide bonds. The number of rotatable bonds is 8. The molecule has 1 aromatic heterocycles. The molecule has 0 aliphatic rings. The summed E-state index contributed by atoms with van der Waals surface area (Å²) in [6.45, 7) is 2.26. The number of methoxy groups -OCH3 is 1. The lowest BCUT2D eigenvalue weighted by Crippen LogP contribution is -2.21. The van der Waals surface area contributed by atoms with Gasteiger partial charge in [0.2, 0.25) is 0 Å². The van der Waals surface area contributed by atoms with Crippen LogP contribution in [-0.4, -0.2) is 40.5 Å². The van der Waals surface area contributed by atoms with Crippen molar-refractivity contribution in [2.45, 2.75) is 19.5 Å². The van der Waals surface area contributed by atoms with Crippen molar-refractivity contribution in [3.8, 4) is 0 Å². The molecule has 0 bridgehead atoms. The molecule has 2 aromatic rings. The predicted molar refractivity (Wildman–Crippen MR) is 71.5 cm³/mol. The van der Waals surface area contributed by atoms with E-state index in [0.29, 0.717) is 44.0 Å². The number of ether oxygens (including phenoxy) is 1. The van der Waals surface area contributed by atoms with Gasteiger partial charge in [-0.3, -0.25) is 0 Å². The summed E-state index contributed by atoms with van der Waals surface area (Å²) in [5.41, 5.74) is 0.571. The normalized spacial score (nSPS) is 11.0. The summed E-state index contributed by atoms with van der Waals surface area (Å²) in [6, 6.07) is 3.47. The molecule has 1 aromatic carbocycles. The molecule has 0 radical (unpaired) electrons. The van der Waals surface area contributed by atoms with E-state index in [0.717, 1.165) is 6.07 Å². The van der Waals surface area contributed by atoms with Gasteiger partial charge in [0.1, 0.15) is 11.6 Å². The quantitative estimate of drug-likeness (QED) is 0.734. The van der Waals surface area contributed by atoms with E-state index in [1.807, 2.05) is 0 Å². The van der Waals surface area contributed by atoms with Crippen LogP contribution < -0.4 is 5.32 Å². The van der Waals surface area contributed by atoms with Crippen molar-refractivity contribution in [3.63, 3.8) is 0 Å². The summed E-state index contributed by atoms with van der Waals surface area (Å²) in [6.07, 6.45) is 0.449. The molecule has 0 saturated carbocycles. The van der Waals surface area contributed by atoms with E-state index in [-0.39, 0.29) is 0 Å². The fraction of sp³-hybridized carbons (Fsp3) is 0.462. The monoisotopic (exact) mass is 297 g/mol. The fourth-order valence-corrected chi connectivity index (χ4v) is 1.89. The van der Waals surface area contributed by atoms with Crippen molar-refractivity contribution in [2.24, 2.45) is 0 Å². The Hall–Kier alpha value is -1.93. The molecule has 0 spiro atoms. The molecule has 0 aliphatic carbocycles. The second-order valence-electron chi connectivity index (χ2n) is 4.52. The van der Waals surface area contributed by atoms with Gasteiger partial charge < -0.3 is 10.1 Å². The Bertz CT molecular complexity index is 555. The number of hydrogen-bond donors (Lipinski definition) is 1. The van der Waals surface area contributed by atoms with E-state index in [9.17, 15) is 8.78 Å². The molecule has 114 valence electrons. The maximum absolute atomic E-state index is 13.1. The largest absolute Gasteiger partial charge is 0.383 e. The molecule has 21 heavy (non-hydrogen) atoms. The van der Waals surface area contributed by atoms with Gasteiger partial charge >= 0.3 is 0 Å². The van der Waals surface area contributed by atoms with Crippen molar-refractivity contribution in [3.05, 3.63) is 41.2 Å². The summed E-state index contributed by atoms with van der Waals surface area (Å²) in [7, 11) is 1.63. The topological polar surface area (TPSA) is 64.9 Å².